The third-order valence-electron chi connectivity index (χ3n) is 2.71. The van der Waals surface area contributed by atoms with Gasteiger partial charge in [0, 0.05) is 26.9 Å². The molecule has 3 heterocycles. The molecule has 0 radical (unpaired) electrons. The van der Waals surface area contributed by atoms with Crippen LogP contribution in [0.2, 0.25) is 0 Å². The van der Waals surface area contributed by atoms with Gasteiger partial charge in [0.1, 0.15) is 5.01 Å². The first-order chi connectivity index (χ1) is 8.74. The first kappa shape index (κ1) is 11.6. The second kappa shape index (κ2) is 4.63. The number of aromatic nitrogens is 2. The molecular weight excluding hydrogens is 260 g/mol. The molecule has 0 aliphatic carbocycles. The Morgan fingerprint density at radius 1 is 1.11 bits per heavy atom. The number of pyridine rings is 1. The number of thiazole rings is 1. The van der Waals surface area contributed by atoms with Gasteiger partial charge in [0.15, 0.2) is 0 Å². The minimum absolute atomic E-state index is 0.943. The molecule has 0 unspecified atom stereocenters. The van der Waals surface area contributed by atoms with E-state index in [1.165, 1.54) is 15.3 Å². The van der Waals surface area contributed by atoms with E-state index in [1.54, 1.807) is 17.5 Å². The van der Waals surface area contributed by atoms with Gasteiger partial charge in [-0.3, -0.25) is 4.98 Å². The molecule has 0 amide bonds. The predicted octanol–water partition coefficient (Wildman–Crippen LogP) is 4.55. The van der Waals surface area contributed by atoms with Crippen LogP contribution in [0, 0.1) is 13.8 Å². The zero-order chi connectivity index (χ0) is 12.5. The molecule has 4 heteroatoms. The predicted molar refractivity (Wildman–Crippen MR) is 78.1 cm³/mol. The Bertz CT molecular complexity index is 668. The highest BCUT2D eigenvalue weighted by atomic mass is 32.1. The van der Waals surface area contributed by atoms with Crippen molar-refractivity contribution < 1.29 is 0 Å². The zero-order valence-electron chi connectivity index (χ0n) is 10.2. The van der Waals surface area contributed by atoms with Crippen LogP contribution in [0.1, 0.15) is 9.75 Å². The van der Waals surface area contributed by atoms with Gasteiger partial charge in [-0.15, -0.1) is 22.7 Å². The summed E-state index contributed by atoms with van der Waals surface area (Å²) in [6.45, 7) is 4.28. The summed E-state index contributed by atoms with van der Waals surface area (Å²) in [5, 5.41) is 3.09. The van der Waals surface area contributed by atoms with Gasteiger partial charge in [-0.2, -0.15) is 0 Å². The molecular formula is C14H12N2S2. The summed E-state index contributed by atoms with van der Waals surface area (Å²) in [5.74, 6) is 0. The topological polar surface area (TPSA) is 25.8 Å². The van der Waals surface area contributed by atoms with Crippen molar-refractivity contribution in [2.24, 2.45) is 0 Å². The van der Waals surface area contributed by atoms with Crippen LogP contribution in [-0.4, -0.2) is 9.97 Å². The van der Waals surface area contributed by atoms with Crippen molar-refractivity contribution in [3.8, 4) is 22.0 Å². The van der Waals surface area contributed by atoms with Crippen LogP contribution in [0.4, 0.5) is 0 Å². The molecule has 3 aromatic rings. The molecule has 0 N–H and O–H groups in total. The fourth-order valence-electron chi connectivity index (χ4n) is 1.89. The second-order valence-corrected chi connectivity index (χ2v) is 6.40. The maximum absolute atomic E-state index is 4.69. The van der Waals surface area contributed by atoms with Gasteiger partial charge in [0.25, 0.3) is 0 Å². The smallest absolute Gasteiger partial charge is 0.142 e. The summed E-state index contributed by atoms with van der Waals surface area (Å²) in [4.78, 5) is 11.7. The number of rotatable bonds is 2. The molecule has 0 atom stereocenters. The van der Waals surface area contributed by atoms with Gasteiger partial charge in [0.2, 0.25) is 0 Å². The monoisotopic (exact) mass is 272 g/mol. The van der Waals surface area contributed by atoms with Crippen LogP contribution in [0.15, 0.2) is 35.8 Å². The molecule has 0 aliphatic rings. The Balaban J connectivity index is 2.02. The summed E-state index contributed by atoms with van der Waals surface area (Å²) in [6.07, 6.45) is 1.80. The van der Waals surface area contributed by atoms with E-state index in [1.807, 2.05) is 29.5 Å². The van der Waals surface area contributed by atoms with Crippen molar-refractivity contribution in [1.82, 2.24) is 9.97 Å². The minimum atomic E-state index is 0.943. The molecule has 3 aromatic heterocycles. The molecule has 0 aromatic carbocycles. The van der Waals surface area contributed by atoms with Crippen LogP contribution < -0.4 is 0 Å². The lowest BCUT2D eigenvalue weighted by atomic mass is 10.2. The largest absolute Gasteiger partial charge is 0.254 e. The fourth-order valence-corrected chi connectivity index (χ4v) is 3.62. The van der Waals surface area contributed by atoms with E-state index >= 15 is 0 Å². The third-order valence-corrected chi connectivity index (χ3v) is 4.54. The van der Waals surface area contributed by atoms with Crippen molar-refractivity contribution in [2.75, 3.05) is 0 Å². The lowest BCUT2D eigenvalue weighted by Crippen LogP contribution is -1.81. The van der Waals surface area contributed by atoms with Crippen LogP contribution in [0.25, 0.3) is 22.0 Å². The van der Waals surface area contributed by atoms with Gasteiger partial charge in [-0.25, -0.2) is 4.98 Å². The van der Waals surface area contributed by atoms with E-state index in [-0.39, 0.29) is 0 Å². The molecule has 0 saturated heterocycles. The zero-order valence-corrected chi connectivity index (χ0v) is 11.8. The van der Waals surface area contributed by atoms with Gasteiger partial charge in [-0.1, -0.05) is 6.07 Å². The van der Waals surface area contributed by atoms with Gasteiger partial charge in [-0.05, 0) is 32.0 Å². The number of nitrogens with zero attached hydrogens (tertiary/aromatic N) is 2. The molecule has 2 nitrogen and oxygen atoms in total. The van der Waals surface area contributed by atoms with E-state index in [9.17, 15) is 0 Å². The lowest BCUT2D eigenvalue weighted by Gasteiger charge is -1.94. The molecule has 0 saturated carbocycles. The number of thiophene rings is 1. The van der Waals surface area contributed by atoms with Crippen molar-refractivity contribution in [3.05, 3.63) is 45.6 Å². The van der Waals surface area contributed by atoms with Crippen LogP contribution >= 0.6 is 22.7 Å². The highest BCUT2D eigenvalue weighted by Crippen LogP contribution is 2.33. The molecule has 3 rings (SSSR count). The maximum Gasteiger partial charge on any atom is 0.142 e. The van der Waals surface area contributed by atoms with Gasteiger partial charge >= 0.3 is 0 Å². The Hall–Kier alpha value is -1.52. The first-order valence-electron chi connectivity index (χ1n) is 5.68. The summed E-state index contributed by atoms with van der Waals surface area (Å²) in [7, 11) is 0. The van der Waals surface area contributed by atoms with Gasteiger partial charge in [0.05, 0.1) is 11.4 Å². The number of aryl methyl sites for hydroxylation is 2. The minimum Gasteiger partial charge on any atom is -0.254 e. The Morgan fingerprint density at radius 3 is 2.67 bits per heavy atom. The maximum atomic E-state index is 4.69. The van der Waals surface area contributed by atoms with Crippen molar-refractivity contribution in [3.63, 3.8) is 0 Å². The summed E-state index contributed by atoms with van der Waals surface area (Å²) >= 11 is 3.46. The Labute approximate surface area is 114 Å². The Kier molecular flexibility index (Phi) is 2.97. The van der Waals surface area contributed by atoms with Crippen LogP contribution in [0.3, 0.4) is 0 Å². The number of hydrogen-bond acceptors (Lipinski definition) is 4. The molecule has 0 bridgehead atoms. The van der Waals surface area contributed by atoms with Crippen LogP contribution in [0.5, 0.6) is 0 Å². The molecule has 0 aliphatic heterocycles. The molecule has 0 spiro atoms. The van der Waals surface area contributed by atoms with Crippen LogP contribution in [-0.2, 0) is 0 Å². The van der Waals surface area contributed by atoms with E-state index in [0.29, 0.717) is 0 Å². The number of hydrogen-bond donors (Lipinski definition) is 0. The first-order valence-corrected chi connectivity index (χ1v) is 7.38. The highest BCUT2D eigenvalue weighted by molar-refractivity contribution is 7.13. The summed E-state index contributed by atoms with van der Waals surface area (Å²) in [6, 6.07) is 8.11. The average Bonchev–Trinajstić information content (AvgIpc) is 2.97. The molecule has 18 heavy (non-hydrogen) atoms. The molecule has 90 valence electrons. The van der Waals surface area contributed by atoms with E-state index in [0.717, 1.165) is 16.4 Å². The third kappa shape index (κ3) is 2.09. The standard InChI is InChI=1S/C14H12N2S2/c1-9-7-11(10(2)18-9)13-8-17-14(16-13)12-5-3-4-6-15-12/h3-8H,1-2H3. The van der Waals surface area contributed by atoms with E-state index < -0.39 is 0 Å². The normalized spacial score (nSPS) is 10.8. The quantitative estimate of drug-likeness (QED) is 0.684. The van der Waals surface area contributed by atoms with Crippen molar-refractivity contribution in [2.45, 2.75) is 13.8 Å². The fraction of sp³-hybridized carbons (Fsp3) is 0.143. The van der Waals surface area contributed by atoms with Gasteiger partial charge < -0.3 is 0 Å². The van der Waals surface area contributed by atoms with Crippen molar-refractivity contribution in [1.29, 1.82) is 0 Å². The Morgan fingerprint density at radius 2 is 2.00 bits per heavy atom. The molecule has 0 fully saturated rings. The average molecular weight is 272 g/mol. The lowest BCUT2D eigenvalue weighted by molar-refractivity contribution is 1.29. The van der Waals surface area contributed by atoms with Crippen molar-refractivity contribution >= 4 is 22.7 Å². The van der Waals surface area contributed by atoms with E-state index in [4.69, 9.17) is 0 Å². The summed E-state index contributed by atoms with van der Waals surface area (Å²) < 4.78 is 0. The second-order valence-electron chi connectivity index (χ2n) is 4.08. The SMILES string of the molecule is Cc1cc(-c2csc(-c3ccccn3)n2)c(C)s1. The van der Waals surface area contributed by atoms with E-state index in [2.05, 4.69) is 35.3 Å². The summed E-state index contributed by atoms with van der Waals surface area (Å²) in [5.41, 5.74) is 3.25. The highest BCUT2D eigenvalue weighted by Gasteiger charge is 2.11.